The molecular formula is C12H20N4O4S. The molecule has 118 valence electrons. The fourth-order valence-corrected chi connectivity index (χ4v) is 3.39. The Labute approximate surface area is 124 Å². The number of aryl methyl sites for hydroxylation is 2. The zero-order valence-electron chi connectivity index (χ0n) is 12.7. The van der Waals surface area contributed by atoms with E-state index in [1.54, 1.807) is 18.7 Å². The van der Waals surface area contributed by atoms with Crippen molar-refractivity contribution >= 4 is 16.1 Å². The Balaban J connectivity index is 2.07. The lowest BCUT2D eigenvalue weighted by Crippen LogP contribution is -2.53. The summed E-state index contributed by atoms with van der Waals surface area (Å²) >= 11 is 0. The Hall–Kier alpha value is -1.45. The zero-order valence-corrected chi connectivity index (χ0v) is 13.5. The number of aromatic nitrogens is 1. The molecule has 1 amide bonds. The molecule has 0 unspecified atom stereocenters. The molecule has 1 aliphatic heterocycles. The smallest absolute Gasteiger partial charge is 0.281 e. The largest absolute Gasteiger partial charge is 0.361 e. The molecule has 1 aromatic rings. The van der Waals surface area contributed by atoms with Crippen LogP contribution in [0.4, 0.5) is 0 Å². The molecule has 0 saturated carbocycles. The lowest BCUT2D eigenvalue weighted by molar-refractivity contribution is 0.0693. The molecule has 0 N–H and O–H groups in total. The molecule has 1 aliphatic rings. The van der Waals surface area contributed by atoms with Gasteiger partial charge in [-0.25, -0.2) is 0 Å². The summed E-state index contributed by atoms with van der Waals surface area (Å²) in [4.78, 5) is 14.1. The minimum absolute atomic E-state index is 0.159. The zero-order chi connectivity index (χ0) is 15.8. The van der Waals surface area contributed by atoms with E-state index in [0.29, 0.717) is 30.1 Å². The predicted molar refractivity (Wildman–Crippen MR) is 76.1 cm³/mol. The van der Waals surface area contributed by atoms with Crippen molar-refractivity contribution in [2.75, 3.05) is 40.3 Å². The minimum Gasteiger partial charge on any atom is -0.361 e. The van der Waals surface area contributed by atoms with Crippen LogP contribution in [0.3, 0.4) is 0 Å². The molecule has 0 aliphatic carbocycles. The van der Waals surface area contributed by atoms with E-state index in [1.807, 2.05) is 0 Å². The summed E-state index contributed by atoms with van der Waals surface area (Å²) < 4.78 is 31.6. The summed E-state index contributed by atoms with van der Waals surface area (Å²) in [6, 6.07) is 0. The maximum atomic E-state index is 12.4. The number of carbonyl (C=O) groups excluding carboxylic acids is 1. The second-order valence-corrected chi connectivity index (χ2v) is 7.32. The Kier molecular flexibility index (Phi) is 4.35. The van der Waals surface area contributed by atoms with Crippen LogP contribution < -0.4 is 0 Å². The first-order valence-corrected chi connectivity index (χ1v) is 8.04. The van der Waals surface area contributed by atoms with Gasteiger partial charge in [-0.2, -0.15) is 17.0 Å². The lowest BCUT2D eigenvalue weighted by atomic mass is 10.1. The van der Waals surface area contributed by atoms with Crippen LogP contribution in [-0.4, -0.2) is 73.3 Å². The molecule has 1 aromatic heterocycles. The van der Waals surface area contributed by atoms with Crippen LogP contribution >= 0.6 is 0 Å². The van der Waals surface area contributed by atoms with E-state index in [1.165, 1.54) is 22.7 Å². The van der Waals surface area contributed by atoms with E-state index in [2.05, 4.69) is 5.16 Å². The Morgan fingerprint density at radius 1 is 1.19 bits per heavy atom. The number of amides is 1. The minimum atomic E-state index is -3.42. The van der Waals surface area contributed by atoms with Crippen LogP contribution in [0.2, 0.25) is 0 Å². The quantitative estimate of drug-likeness (QED) is 0.774. The predicted octanol–water partition coefficient (Wildman–Crippen LogP) is -0.144. The number of nitrogens with zero attached hydrogens (tertiary/aromatic N) is 4. The molecule has 1 saturated heterocycles. The van der Waals surface area contributed by atoms with Crippen LogP contribution in [0, 0.1) is 13.8 Å². The monoisotopic (exact) mass is 316 g/mol. The molecule has 1 fully saturated rings. The average Bonchev–Trinajstić information content (AvgIpc) is 2.77. The van der Waals surface area contributed by atoms with Gasteiger partial charge in [0.2, 0.25) is 0 Å². The fourth-order valence-electron chi connectivity index (χ4n) is 2.30. The molecule has 2 heterocycles. The van der Waals surface area contributed by atoms with Crippen molar-refractivity contribution in [3.05, 3.63) is 17.0 Å². The van der Waals surface area contributed by atoms with Gasteiger partial charge in [0.1, 0.15) is 11.3 Å². The van der Waals surface area contributed by atoms with Gasteiger partial charge in [0.05, 0.1) is 5.69 Å². The summed E-state index contributed by atoms with van der Waals surface area (Å²) in [5.74, 6) is 0.328. The summed E-state index contributed by atoms with van der Waals surface area (Å²) in [5, 5.41) is 3.77. The van der Waals surface area contributed by atoms with Crippen LogP contribution in [0.5, 0.6) is 0 Å². The third-order valence-corrected chi connectivity index (χ3v) is 5.50. The van der Waals surface area contributed by atoms with Gasteiger partial charge in [0.15, 0.2) is 0 Å². The van der Waals surface area contributed by atoms with Crippen LogP contribution in [-0.2, 0) is 10.2 Å². The highest BCUT2D eigenvalue weighted by Crippen LogP contribution is 2.17. The van der Waals surface area contributed by atoms with Crippen molar-refractivity contribution in [2.24, 2.45) is 0 Å². The maximum Gasteiger partial charge on any atom is 0.281 e. The number of piperazine rings is 1. The molecule has 2 rings (SSSR count). The molecule has 8 nitrogen and oxygen atoms in total. The molecule has 9 heteroatoms. The van der Waals surface area contributed by atoms with Gasteiger partial charge >= 0.3 is 0 Å². The van der Waals surface area contributed by atoms with Crippen molar-refractivity contribution in [1.82, 2.24) is 18.7 Å². The molecule has 0 bridgehead atoms. The van der Waals surface area contributed by atoms with E-state index < -0.39 is 10.2 Å². The standard InChI is InChI=1S/C12H20N4O4S/c1-9-11(10(2)20-13-9)12(17)15-5-7-16(8-6-15)21(18,19)14(3)4/h5-8H2,1-4H3. The Morgan fingerprint density at radius 3 is 2.19 bits per heavy atom. The summed E-state index contributed by atoms with van der Waals surface area (Å²) in [5.41, 5.74) is 1.03. The SMILES string of the molecule is Cc1noc(C)c1C(=O)N1CCN(S(=O)(=O)N(C)C)CC1. The van der Waals surface area contributed by atoms with Crippen LogP contribution in [0.15, 0.2) is 4.52 Å². The average molecular weight is 316 g/mol. The van der Waals surface area contributed by atoms with Gasteiger partial charge in [-0.05, 0) is 13.8 Å². The second kappa shape index (κ2) is 5.74. The third kappa shape index (κ3) is 2.94. The van der Waals surface area contributed by atoms with Crippen LogP contribution in [0.1, 0.15) is 21.8 Å². The van der Waals surface area contributed by atoms with Gasteiger partial charge in [-0.15, -0.1) is 0 Å². The highest BCUT2D eigenvalue weighted by Gasteiger charge is 2.32. The fraction of sp³-hybridized carbons (Fsp3) is 0.667. The topological polar surface area (TPSA) is 87.0 Å². The van der Waals surface area contributed by atoms with Crippen LogP contribution in [0.25, 0.3) is 0 Å². The molecule has 0 atom stereocenters. The van der Waals surface area contributed by atoms with Crippen molar-refractivity contribution in [2.45, 2.75) is 13.8 Å². The van der Waals surface area contributed by atoms with Gasteiger partial charge < -0.3 is 9.42 Å². The van der Waals surface area contributed by atoms with E-state index in [4.69, 9.17) is 4.52 Å². The number of hydrogen-bond acceptors (Lipinski definition) is 5. The second-order valence-electron chi connectivity index (χ2n) is 5.18. The third-order valence-electron chi connectivity index (χ3n) is 3.56. The molecule has 0 aromatic carbocycles. The first-order chi connectivity index (χ1) is 9.75. The maximum absolute atomic E-state index is 12.4. The van der Waals surface area contributed by atoms with E-state index >= 15 is 0 Å². The molecule has 21 heavy (non-hydrogen) atoms. The van der Waals surface area contributed by atoms with E-state index in [-0.39, 0.29) is 19.0 Å². The van der Waals surface area contributed by atoms with Crippen molar-refractivity contribution in [3.8, 4) is 0 Å². The number of hydrogen-bond donors (Lipinski definition) is 0. The van der Waals surface area contributed by atoms with Crippen molar-refractivity contribution in [3.63, 3.8) is 0 Å². The van der Waals surface area contributed by atoms with Gasteiger partial charge in [0, 0.05) is 40.3 Å². The first-order valence-electron chi connectivity index (χ1n) is 6.65. The number of rotatable bonds is 3. The summed E-state index contributed by atoms with van der Waals surface area (Å²) in [6.07, 6.45) is 0. The van der Waals surface area contributed by atoms with Gasteiger partial charge in [0.25, 0.3) is 16.1 Å². The Morgan fingerprint density at radius 2 is 1.76 bits per heavy atom. The number of carbonyl (C=O) groups is 1. The highest BCUT2D eigenvalue weighted by molar-refractivity contribution is 7.86. The molecule has 0 radical (unpaired) electrons. The first kappa shape index (κ1) is 15.9. The highest BCUT2D eigenvalue weighted by atomic mass is 32.2. The summed E-state index contributed by atoms with van der Waals surface area (Å²) in [7, 11) is -0.428. The van der Waals surface area contributed by atoms with Gasteiger partial charge in [-0.3, -0.25) is 4.79 Å². The lowest BCUT2D eigenvalue weighted by Gasteiger charge is -2.35. The van der Waals surface area contributed by atoms with Crippen molar-refractivity contribution in [1.29, 1.82) is 0 Å². The Bertz CT molecular complexity index is 610. The molecule has 0 spiro atoms. The van der Waals surface area contributed by atoms with E-state index in [0.717, 1.165) is 0 Å². The van der Waals surface area contributed by atoms with Crippen molar-refractivity contribution < 1.29 is 17.7 Å². The normalized spacial score (nSPS) is 17.5. The molecular weight excluding hydrogens is 296 g/mol. The summed E-state index contributed by atoms with van der Waals surface area (Å²) in [6.45, 7) is 4.70. The van der Waals surface area contributed by atoms with Gasteiger partial charge in [-0.1, -0.05) is 5.16 Å². The van der Waals surface area contributed by atoms with E-state index in [9.17, 15) is 13.2 Å².